The van der Waals surface area contributed by atoms with E-state index in [2.05, 4.69) is 6.92 Å². The van der Waals surface area contributed by atoms with Gasteiger partial charge >= 0.3 is 5.97 Å². The smallest absolute Gasteiger partial charge is 0.368 e. The summed E-state index contributed by atoms with van der Waals surface area (Å²) in [5.41, 5.74) is 0. The zero-order valence-corrected chi connectivity index (χ0v) is 5.55. The van der Waals surface area contributed by atoms with Gasteiger partial charge in [-0.1, -0.05) is 6.92 Å². The van der Waals surface area contributed by atoms with Gasteiger partial charge in [0.15, 0.2) is 0 Å². The Morgan fingerprint density at radius 2 is 2.56 bits per heavy atom. The van der Waals surface area contributed by atoms with Crippen LogP contribution in [0.4, 0.5) is 0 Å². The van der Waals surface area contributed by atoms with Gasteiger partial charge in [0.2, 0.25) is 6.04 Å². The molecule has 3 heteroatoms. The zero-order valence-electron chi connectivity index (χ0n) is 5.55. The molecule has 1 saturated heterocycles. The van der Waals surface area contributed by atoms with Gasteiger partial charge in [-0.25, -0.2) is 4.79 Å². The molecule has 0 radical (unpaired) electrons. The Morgan fingerprint density at radius 1 is 1.89 bits per heavy atom. The lowest BCUT2D eigenvalue weighted by Gasteiger charge is -1.90. The number of carboxylic acid groups (broad SMARTS) is 1. The van der Waals surface area contributed by atoms with E-state index >= 15 is 0 Å². The number of carbonyl (C=O) groups is 1. The monoisotopic (exact) mass is 130 g/mol. The number of aliphatic carboxylic acids is 1. The highest BCUT2D eigenvalue weighted by atomic mass is 16.4. The second-order valence-electron chi connectivity index (χ2n) is 2.50. The van der Waals surface area contributed by atoms with Gasteiger partial charge in [-0.3, -0.25) is 0 Å². The van der Waals surface area contributed by atoms with E-state index in [-0.39, 0.29) is 6.04 Å². The standard InChI is InChI=1S/C6H11NO2/c1-2-3-7-4-5(7)6(8)9/h5H,2-4H2,1H3,(H,8,9)/p+1. The fourth-order valence-corrected chi connectivity index (χ4v) is 1.06. The number of carboxylic acids is 1. The molecule has 0 spiro atoms. The summed E-state index contributed by atoms with van der Waals surface area (Å²) >= 11 is 0. The fourth-order valence-electron chi connectivity index (χ4n) is 1.06. The van der Waals surface area contributed by atoms with Gasteiger partial charge in [0.25, 0.3) is 0 Å². The molecule has 9 heavy (non-hydrogen) atoms. The molecule has 2 atom stereocenters. The van der Waals surface area contributed by atoms with Gasteiger partial charge in [-0.05, 0) is 6.42 Å². The highest BCUT2D eigenvalue weighted by molar-refractivity contribution is 5.73. The zero-order chi connectivity index (χ0) is 6.85. The molecular weight excluding hydrogens is 118 g/mol. The molecule has 0 aromatic carbocycles. The summed E-state index contributed by atoms with van der Waals surface area (Å²) in [6.45, 7) is 3.92. The van der Waals surface area contributed by atoms with E-state index in [1.807, 2.05) is 0 Å². The van der Waals surface area contributed by atoms with Crippen molar-refractivity contribution in [2.75, 3.05) is 13.1 Å². The minimum atomic E-state index is -0.640. The van der Waals surface area contributed by atoms with E-state index in [0.717, 1.165) is 19.5 Å². The van der Waals surface area contributed by atoms with Crippen LogP contribution >= 0.6 is 0 Å². The van der Waals surface area contributed by atoms with Crippen LogP contribution in [0.3, 0.4) is 0 Å². The van der Waals surface area contributed by atoms with Crippen LogP contribution in [0.1, 0.15) is 13.3 Å². The highest BCUT2D eigenvalue weighted by Gasteiger charge is 2.45. The van der Waals surface area contributed by atoms with Gasteiger partial charge in [-0.2, -0.15) is 0 Å². The summed E-state index contributed by atoms with van der Waals surface area (Å²) in [5, 5.41) is 8.43. The van der Waals surface area contributed by atoms with Crippen LogP contribution in [0.2, 0.25) is 0 Å². The van der Waals surface area contributed by atoms with Crippen LogP contribution in [0, 0.1) is 0 Å². The molecule has 0 saturated carbocycles. The number of nitrogens with one attached hydrogen (secondary N) is 1. The third-order valence-electron chi connectivity index (χ3n) is 1.67. The first-order valence-electron chi connectivity index (χ1n) is 3.33. The van der Waals surface area contributed by atoms with E-state index in [4.69, 9.17) is 5.11 Å². The predicted molar refractivity (Wildman–Crippen MR) is 32.4 cm³/mol. The largest absolute Gasteiger partial charge is 0.477 e. The third kappa shape index (κ3) is 1.42. The molecule has 3 nitrogen and oxygen atoms in total. The molecule has 2 unspecified atom stereocenters. The average molecular weight is 130 g/mol. The predicted octanol–water partition coefficient (Wildman–Crippen LogP) is -1.25. The lowest BCUT2D eigenvalue weighted by Crippen LogP contribution is -2.95. The molecular formula is C6H12NO2+. The van der Waals surface area contributed by atoms with Crippen molar-refractivity contribution in [3.8, 4) is 0 Å². The Balaban J connectivity index is 2.17. The minimum Gasteiger partial charge on any atom is -0.477 e. The van der Waals surface area contributed by atoms with Gasteiger partial charge in [-0.15, -0.1) is 0 Å². The van der Waals surface area contributed by atoms with Gasteiger partial charge in [0.1, 0.15) is 6.54 Å². The van der Waals surface area contributed by atoms with E-state index in [1.54, 1.807) is 0 Å². The van der Waals surface area contributed by atoms with Gasteiger partial charge in [0.05, 0.1) is 6.54 Å². The SMILES string of the molecule is CCC[NH+]1CC1C(=O)O. The van der Waals surface area contributed by atoms with Crippen molar-refractivity contribution in [1.29, 1.82) is 0 Å². The number of rotatable bonds is 3. The van der Waals surface area contributed by atoms with Crippen LogP contribution in [0.5, 0.6) is 0 Å². The van der Waals surface area contributed by atoms with Crippen molar-refractivity contribution in [3.63, 3.8) is 0 Å². The van der Waals surface area contributed by atoms with Crippen LogP contribution < -0.4 is 4.90 Å². The van der Waals surface area contributed by atoms with Crippen LogP contribution in [-0.2, 0) is 4.79 Å². The van der Waals surface area contributed by atoms with E-state index < -0.39 is 5.97 Å². The van der Waals surface area contributed by atoms with Crippen molar-refractivity contribution >= 4 is 5.97 Å². The maximum Gasteiger partial charge on any atom is 0.368 e. The molecule has 0 aromatic heterocycles. The van der Waals surface area contributed by atoms with Crippen molar-refractivity contribution in [2.45, 2.75) is 19.4 Å². The summed E-state index contributed by atoms with van der Waals surface area (Å²) in [4.78, 5) is 11.5. The molecule has 0 aromatic rings. The second kappa shape index (κ2) is 2.35. The molecule has 1 heterocycles. The maximum absolute atomic E-state index is 10.2. The molecule has 1 fully saturated rings. The van der Waals surface area contributed by atoms with E-state index in [9.17, 15) is 4.79 Å². The first kappa shape index (κ1) is 6.55. The highest BCUT2D eigenvalue weighted by Crippen LogP contribution is 1.87. The van der Waals surface area contributed by atoms with Crippen LogP contribution in [0.25, 0.3) is 0 Å². The quantitative estimate of drug-likeness (QED) is 0.469. The molecule has 0 aliphatic carbocycles. The first-order chi connectivity index (χ1) is 4.25. The van der Waals surface area contributed by atoms with Crippen molar-refractivity contribution in [3.05, 3.63) is 0 Å². The Kier molecular flexibility index (Phi) is 1.71. The number of quaternary nitrogens is 1. The fraction of sp³-hybridized carbons (Fsp3) is 0.833. The molecule has 2 N–H and O–H groups in total. The first-order valence-corrected chi connectivity index (χ1v) is 3.33. The summed E-state index contributed by atoms with van der Waals surface area (Å²) in [6.07, 6.45) is 1.08. The summed E-state index contributed by atoms with van der Waals surface area (Å²) in [5.74, 6) is -0.640. The Bertz CT molecular complexity index is 124. The van der Waals surface area contributed by atoms with Gasteiger partial charge in [0, 0.05) is 0 Å². The normalized spacial score (nSPS) is 32.1. The lowest BCUT2D eigenvalue weighted by atomic mass is 10.4. The summed E-state index contributed by atoms with van der Waals surface area (Å²) in [7, 11) is 0. The Hall–Kier alpha value is -0.570. The van der Waals surface area contributed by atoms with Crippen LogP contribution in [-0.4, -0.2) is 30.2 Å². The molecule has 0 bridgehead atoms. The van der Waals surface area contributed by atoms with E-state index in [0.29, 0.717) is 0 Å². The maximum atomic E-state index is 10.2. The second-order valence-corrected chi connectivity index (χ2v) is 2.50. The average Bonchev–Trinajstić information content (AvgIpc) is 2.47. The third-order valence-corrected chi connectivity index (χ3v) is 1.67. The molecule has 1 aliphatic heterocycles. The number of hydrogen-bond donors (Lipinski definition) is 2. The molecule has 1 aliphatic rings. The Labute approximate surface area is 54.3 Å². The Morgan fingerprint density at radius 3 is 2.89 bits per heavy atom. The summed E-state index contributed by atoms with van der Waals surface area (Å²) < 4.78 is 0. The van der Waals surface area contributed by atoms with Gasteiger partial charge < -0.3 is 10.0 Å². The summed E-state index contributed by atoms with van der Waals surface area (Å²) in [6, 6.07) is -0.0788. The van der Waals surface area contributed by atoms with Crippen molar-refractivity contribution < 1.29 is 14.8 Å². The molecule has 52 valence electrons. The van der Waals surface area contributed by atoms with Crippen LogP contribution in [0.15, 0.2) is 0 Å². The van der Waals surface area contributed by atoms with Crippen molar-refractivity contribution in [1.82, 2.24) is 0 Å². The topological polar surface area (TPSA) is 41.7 Å². The molecule has 1 rings (SSSR count). The van der Waals surface area contributed by atoms with Crippen molar-refractivity contribution in [2.24, 2.45) is 0 Å². The number of hydrogen-bond acceptors (Lipinski definition) is 1. The molecule has 0 amide bonds. The minimum absolute atomic E-state index is 0.0788. The lowest BCUT2D eigenvalue weighted by molar-refractivity contribution is -0.769. The van der Waals surface area contributed by atoms with E-state index in [1.165, 1.54) is 4.90 Å².